The van der Waals surface area contributed by atoms with Gasteiger partial charge < -0.3 is 24.2 Å². The molecule has 0 saturated carbocycles. The van der Waals surface area contributed by atoms with E-state index in [2.05, 4.69) is 25.5 Å². The molecule has 2 heterocycles. The Hall–Kier alpha value is -3.14. The third-order valence-electron chi connectivity index (χ3n) is 3.74. The van der Waals surface area contributed by atoms with Crippen molar-refractivity contribution in [3.63, 3.8) is 0 Å². The molecule has 1 fully saturated rings. The first-order valence-electron chi connectivity index (χ1n) is 8.57. The summed E-state index contributed by atoms with van der Waals surface area (Å²) >= 11 is 0. The number of anilines is 2. The van der Waals surface area contributed by atoms with Gasteiger partial charge in [-0.3, -0.25) is 0 Å². The molecule has 2 N–H and O–H groups in total. The molecule has 1 aromatic heterocycles. The molecule has 144 valence electrons. The molecule has 1 saturated heterocycles. The van der Waals surface area contributed by atoms with Crippen LogP contribution >= 0.6 is 0 Å². The fourth-order valence-corrected chi connectivity index (χ4v) is 2.45. The molecule has 1 aromatic carbocycles. The normalized spacial score (nSPS) is 14.4. The van der Waals surface area contributed by atoms with Crippen molar-refractivity contribution in [2.45, 2.75) is 6.92 Å². The largest absolute Gasteiger partial charge is 0.504 e. The monoisotopic (exact) mass is 374 g/mol. The lowest BCUT2D eigenvalue weighted by Crippen LogP contribution is -2.37. The highest BCUT2D eigenvalue weighted by Gasteiger charge is 2.16. The van der Waals surface area contributed by atoms with Gasteiger partial charge in [-0.2, -0.15) is 20.1 Å². The average Bonchev–Trinajstić information content (AvgIpc) is 2.70. The number of phenols is 1. The second-order valence-corrected chi connectivity index (χ2v) is 5.58. The number of phenolic OH excluding ortho intramolecular Hbond substituents is 1. The number of methoxy groups -OCH3 is 1. The van der Waals surface area contributed by atoms with E-state index >= 15 is 0 Å². The van der Waals surface area contributed by atoms with Gasteiger partial charge in [0.2, 0.25) is 5.95 Å². The van der Waals surface area contributed by atoms with Gasteiger partial charge >= 0.3 is 6.01 Å². The van der Waals surface area contributed by atoms with Gasteiger partial charge in [-0.05, 0) is 30.7 Å². The summed E-state index contributed by atoms with van der Waals surface area (Å²) < 4.78 is 15.8. The SMILES string of the molecule is CCOc1ccc(/C=N/Nc2nc(OC)nc(N3CCOCC3)n2)cc1O. The van der Waals surface area contributed by atoms with E-state index in [1.54, 1.807) is 24.4 Å². The van der Waals surface area contributed by atoms with Gasteiger partial charge in [0.05, 0.1) is 33.1 Å². The summed E-state index contributed by atoms with van der Waals surface area (Å²) in [6.07, 6.45) is 1.54. The zero-order valence-corrected chi connectivity index (χ0v) is 15.3. The van der Waals surface area contributed by atoms with Gasteiger partial charge in [0.25, 0.3) is 5.95 Å². The summed E-state index contributed by atoms with van der Waals surface area (Å²) in [6.45, 7) is 4.97. The van der Waals surface area contributed by atoms with Crippen LogP contribution in [0.15, 0.2) is 23.3 Å². The zero-order chi connectivity index (χ0) is 19.1. The topological polar surface area (TPSA) is 114 Å². The molecule has 1 aliphatic rings. The van der Waals surface area contributed by atoms with Crippen LogP contribution in [0.25, 0.3) is 0 Å². The molecule has 2 aromatic rings. The third-order valence-corrected chi connectivity index (χ3v) is 3.74. The summed E-state index contributed by atoms with van der Waals surface area (Å²) in [5.74, 6) is 1.24. The van der Waals surface area contributed by atoms with Crippen molar-refractivity contribution < 1.29 is 19.3 Å². The minimum atomic E-state index is 0.0530. The Balaban J connectivity index is 1.71. The molecule has 10 heteroatoms. The number of hydrogen-bond acceptors (Lipinski definition) is 10. The Labute approximate surface area is 156 Å². The molecule has 0 aliphatic carbocycles. The summed E-state index contributed by atoms with van der Waals surface area (Å²) in [4.78, 5) is 14.8. The Kier molecular flexibility index (Phi) is 6.21. The molecule has 3 rings (SSSR count). The van der Waals surface area contributed by atoms with E-state index in [1.165, 1.54) is 7.11 Å². The molecule has 0 unspecified atom stereocenters. The van der Waals surface area contributed by atoms with Crippen LogP contribution in [0.5, 0.6) is 17.5 Å². The van der Waals surface area contributed by atoms with Crippen molar-refractivity contribution >= 4 is 18.1 Å². The van der Waals surface area contributed by atoms with E-state index < -0.39 is 0 Å². The van der Waals surface area contributed by atoms with E-state index in [4.69, 9.17) is 14.2 Å². The van der Waals surface area contributed by atoms with Gasteiger partial charge in [-0.15, -0.1) is 0 Å². The zero-order valence-electron chi connectivity index (χ0n) is 15.3. The average molecular weight is 374 g/mol. The van der Waals surface area contributed by atoms with Crippen LogP contribution < -0.4 is 19.8 Å². The predicted molar refractivity (Wildman–Crippen MR) is 99.9 cm³/mol. The van der Waals surface area contributed by atoms with Gasteiger partial charge in [0, 0.05) is 13.1 Å². The van der Waals surface area contributed by atoms with Gasteiger partial charge in [0.15, 0.2) is 11.5 Å². The van der Waals surface area contributed by atoms with Crippen LogP contribution in [0, 0.1) is 0 Å². The van der Waals surface area contributed by atoms with Crippen molar-refractivity contribution in [1.82, 2.24) is 15.0 Å². The number of benzene rings is 1. The van der Waals surface area contributed by atoms with E-state index in [0.717, 1.165) is 0 Å². The number of hydrogen-bond donors (Lipinski definition) is 2. The molecule has 1 aliphatic heterocycles. The second-order valence-electron chi connectivity index (χ2n) is 5.58. The summed E-state index contributed by atoms with van der Waals surface area (Å²) in [5, 5.41) is 14.0. The van der Waals surface area contributed by atoms with Crippen molar-refractivity contribution in [2.75, 3.05) is 50.3 Å². The summed E-state index contributed by atoms with van der Waals surface area (Å²) in [6, 6.07) is 5.22. The highest BCUT2D eigenvalue weighted by atomic mass is 16.5. The maximum Gasteiger partial charge on any atom is 0.322 e. The number of hydrazone groups is 1. The predicted octanol–water partition coefficient (Wildman–Crippen LogP) is 1.27. The molecular formula is C17H22N6O4. The van der Waals surface area contributed by atoms with E-state index in [1.807, 2.05) is 11.8 Å². The number of nitrogens with zero attached hydrogens (tertiary/aromatic N) is 5. The molecule has 0 amide bonds. The minimum Gasteiger partial charge on any atom is -0.504 e. The lowest BCUT2D eigenvalue weighted by Gasteiger charge is -2.26. The third kappa shape index (κ3) is 4.94. The standard InChI is InChI=1S/C17H22N6O4/c1-3-27-14-5-4-12(10-13(14)24)11-18-22-15-19-16(21-17(20-15)25-2)23-6-8-26-9-7-23/h4-5,10-11,24H,3,6-9H2,1-2H3,(H,19,20,21,22)/b18-11+. The lowest BCUT2D eigenvalue weighted by molar-refractivity contribution is 0.122. The maximum atomic E-state index is 9.92. The maximum absolute atomic E-state index is 9.92. The van der Waals surface area contributed by atoms with Crippen molar-refractivity contribution in [3.05, 3.63) is 23.8 Å². The van der Waals surface area contributed by atoms with Crippen LogP contribution in [0.1, 0.15) is 12.5 Å². The summed E-state index contributed by atoms with van der Waals surface area (Å²) in [5.41, 5.74) is 3.46. The highest BCUT2D eigenvalue weighted by molar-refractivity contribution is 5.81. The Bertz CT molecular complexity index is 795. The van der Waals surface area contributed by atoms with Crippen molar-refractivity contribution in [3.8, 4) is 17.5 Å². The quantitative estimate of drug-likeness (QED) is 0.546. The first kappa shape index (κ1) is 18.6. The van der Waals surface area contributed by atoms with Crippen LogP contribution in [0.4, 0.5) is 11.9 Å². The van der Waals surface area contributed by atoms with Crippen LogP contribution in [0.3, 0.4) is 0 Å². The number of aromatic hydroxyl groups is 1. The molecule has 27 heavy (non-hydrogen) atoms. The molecule has 10 nitrogen and oxygen atoms in total. The fourth-order valence-electron chi connectivity index (χ4n) is 2.45. The fraction of sp³-hybridized carbons (Fsp3) is 0.412. The molecule has 0 radical (unpaired) electrons. The molecular weight excluding hydrogens is 352 g/mol. The number of aromatic nitrogens is 3. The minimum absolute atomic E-state index is 0.0530. The Morgan fingerprint density at radius 2 is 2.11 bits per heavy atom. The second kappa shape index (κ2) is 8.99. The number of ether oxygens (including phenoxy) is 3. The smallest absolute Gasteiger partial charge is 0.322 e. The van der Waals surface area contributed by atoms with E-state index in [0.29, 0.717) is 50.2 Å². The van der Waals surface area contributed by atoms with Gasteiger partial charge in [0.1, 0.15) is 0 Å². The van der Waals surface area contributed by atoms with Crippen LogP contribution in [-0.2, 0) is 4.74 Å². The van der Waals surface area contributed by atoms with Crippen LogP contribution in [0.2, 0.25) is 0 Å². The number of rotatable bonds is 7. The first-order valence-corrected chi connectivity index (χ1v) is 8.57. The molecule has 0 bridgehead atoms. The highest BCUT2D eigenvalue weighted by Crippen LogP contribution is 2.26. The first-order chi connectivity index (χ1) is 13.2. The molecule has 0 spiro atoms. The summed E-state index contributed by atoms with van der Waals surface area (Å²) in [7, 11) is 1.49. The Morgan fingerprint density at radius 1 is 1.30 bits per heavy atom. The number of nitrogens with one attached hydrogen (secondary N) is 1. The lowest BCUT2D eigenvalue weighted by atomic mass is 10.2. The van der Waals surface area contributed by atoms with Gasteiger partial charge in [-0.1, -0.05) is 0 Å². The van der Waals surface area contributed by atoms with Crippen molar-refractivity contribution in [2.24, 2.45) is 5.10 Å². The van der Waals surface area contributed by atoms with Crippen LogP contribution in [-0.4, -0.2) is 66.3 Å². The van der Waals surface area contributed by atoms with E-state index in [-0.39, 0.29) is 17.7 Å². The van der Waals surface area contributed by atoms with Gasteiger partial charge in [-0.25, -0.2) is 5.43 Å². The molecule has 0 atom stereocenters. The Morgan fingerprint density at radius 3 is 2.81 bits per heavy atom. The van der Waals surface area contributed by atoms with Crippen molar-refractivity contribution in [1.29, 1.82) is 0 Å². The van der Waals surface area contributed by atoms with E-state index in [9.17, 15) is 5.11 Å². The number of morpholine rings is 1.